The van der Waals surface area contributed by atoms with Gasteiger partial charge in [-0.05, 0) is 62.3 Å². The molecule has 1 atom stereocenters. The molecule has 0 aliphatic heterocycles. The predicted molar refractivity (Wildman–Crippen MR) is 97.3 cm³/mol. The quantitative estimate of drug-likeness (QED) is 0.610. The molecule has 0 bridgehead atoms. The van der Waals surface area contributed by atoms with E-state index in [2.05, 4.69) is 0 Å². The van der Waals surface area contributed by atoms with E-state index in [-0.39, 0.29) is 11.1 Å². The zero-order valence-corrected chi connectivity index (χ0v) is 16.7. The van der Waals surface area contributed by atoms with Gasteiger partial charge in [0.15, 0.2) is 6.10 Å². The van der Waals surface area contributed by atoms with Gasteiger partial charge in [-0.3, -0.25) is 0 Å². The highest BCUT2D eigenvalue weighted by Crippen LogP contribution is 2.36. The van der Waals surface area contributed by atoms with Crippen LogP contribution in [0.1, 0.15) is 73.6 Å². The Morgan fingerprint density at radius 2 is 1.55 bits per heavy atom. The minimum Gasteiger partial charge on any atom is -0.544 e. The number of rotatable bonds is 8. The fourth-order valence-corrected chi connectivity index (χ4v) is 3.47. The van der Waals surface area contributed by atoms with Gasteiger partial charge in [-0.25, -0.2) is 9.59 Å². The zero-order valence-electron chi connectivity index (χ0n) is 16.7. The van der Waals surface area contributed by atoms with Crippen LogP contribution in [0.5, 0.6) is 0 Å². The third-order valence-corrected chi connectivity index (χ3v) is 5.29. The molecule has 0 N–H and O–H groups in total. The van der Waals surface area contributed by atoms with E-state index >= 15 is 0 Å². The van der Waals surface area contributed by atoms with E-state index in [0.29, 0.717) is 6.42 Å². The number of carboxylic acid groups (broad SMARTS) is 1. The lowest BCUT2D eigenvalue weighted by atomic mass is 9.98. The summed E-state index contributed by atoms with van der Waals surface area (Å²) in [5.41, 5.74) is -0.329. The molecule has 160 valence electrons. The van der Waals surface area contributed by atoms with Gasteiger partial charge in [0.2, 0.25) is 0 Å². The second kappa shape index (κ2) is 8.88. The van der Waals surface area contributed by atoms with E-state index in [1.54, 1.807) is 0 Å². The second-order valence-corrected chi connectivity index (χ2v) is 7.69. The van der Waals surface area contributed by atoms with E-state index in [1.165, 1.54) is 38.1 Å². The zero-order chi connectivity index (χ0) is 21.8. The van der Waals surface area contributed by atoms with Crippen LogP contribution >= 0.6 is 0 Å². The van der Waals surface area contributed by atoms with Gasteiger partial charge < -0.3 is 19.4 Å². The van der Waals surface area contributed by atoms with Gasteiger partial charge in [0.1, 0.15) is 11.6 Å². The fourth-order valence-electron chi connectivity index (χ4n) is 3.47. The first-order valence-electron chi connectivity index (χ1n) is 9.66. The summed E-state index contributed by atoms with van der Waals surface area (Å²) in [6.45, 7) is 4.58. The van der Waals surface area contributed by atoms with Crippen LogP contribution in [0.25, 0.3) is 0 Å². The van der Waals surface area contributed by atoms with E-state index in [1.807, 2.05) is 6.92 Å². The van der Waals surface area contributed by atoms with Gasteiger partial charge in [0.25, 0.3) is 0 Å². The number of alkyl halides is 2. The molecule has 0 spiro atoms. The average molecular weight is 411 g/mol. The maximum absolute atomic E-state index is 13.8. The van der Waals surface area contributed by atoms with Crippen LogP contribution in [0, 0.1) is 5.92 Å². The highest BCUT2D eigenvalue weighted by molar-refractivity contribution is 5.93. The highest BCUT2D eigenvalue weighted by atomic mass is 19.3. The van der Waals surface area contributed by atoms with Gasteiger partial charge in [-0.1, -0.05) is 20.8 Å². The number of hydrogen-bond donors (Lipinski definition) is 0. The summed E-state index contributed by atoms with van der Waals surface area (Å²) in [5.74, 6) is -9.54. The number of hydrogen-bond acceptors (Lipinski definition) is 6. The summed E-state index contributed by atoms with van der Waals surface area (Å²) in [5, 5.41) is 10.7. The molecule has 1 saturated carbocycles. The normalized spacial score (nSPS) is 17.0. The summed E-state index contributed by atoms with van der Waals surface area (Å²) < 4.78 is 38.0. The molecule has 1 aromatic carbocycles. The molecule has 0 heterocycles. The molecule has 0 saturated heterocycles. The molecule has 1 aromatic rings. The van der Waals surface area contributed by atoms with Crippen LogP contribution in [0.4, 0.5) is 8.78 Å². The topological polar surface area (TPSA) is 92.7 Å². The Balaban J connectivity index is 2.09. The Morgan fingerprint density at radius 3 is 1.97 bits per heavy atom. The SMILES string of the molecule is CCC1(OC(=O)c2ccc(C(=O)OC(C(C)C)C(F)(F)C(=O)[O-])cc2)CCCC1. The van der Waals surface area contributed by atoms with Crippen molar-refractivity contribution in [3.05, 3.63) is 35.4 Å². The summed E-state index contributed by atoms with van der Waals surface area (Å²) in [6.07, 6.45) is 2.15. The summed E-state index contributed by atoms with van der Waals surface area (Å²) in [6, 6.07) is 5.19. The monoisotopic (exact) mass is 411 g/mol. The number of aliphatic carboxylic acids is 1. The van der Waals surface area contributed by atoms with Crippen molar-refractivity contribution in [2.24, 2.45) is 5.92 Å². The van der Waals surface area contributed by atoms with E-state index < -0.39 is 41.5 Å². The minimum absolute atomic E-state index is 0.0904. The molecule has 1 unspecified atom stereocenters. The van der Waals surface area contributed by atoms with E-state index in [9.17, 15) is 28.3 Å². The molecule has 6 nitrogen and oxygen atoms in total. The molecule has 0 amide bonds. The maximum Gasteiger partial charge on any atom is 0.338 e. The van der Waals surface area contributed by atoms with Crippen molar-refractivity contribution in [2.75, 3.05) is 0 Å². The third kappa shape index (κ3) is 5.10. The van der Waals surface area contributed by atoms with Crippen LogP contribution in [-0.4, -0.2) is 35.5 Å². The van der Waals surface area contributed by atoms with Crippen molar-refractivity contribution >= 4 is 17.9 Å². The first-order valence-corrected chi connectivity index (χ1v) is 9.66. The minimum atomic E-state index is -4.33. The Bertz CT molecular complexity index is 751. The van der Waals surface area contributed by atoms with Crippen molar-refractivity contribution in [1.82, 2.24) is 0 Å². The number of ether oxygens (including phenoxy) is 2. The van der Waals surface area contributed by atoms with Gasteiger partial charge in [0.05, 0.1) is 11.1 Å². The molecular formula is C21H25F2O6-. The van der Waals surface area contributed by atoms with Crippen LogP contribution in [0.2, 0.25) is 0 Å². The predicted octanol–water partition coefficient (Wildman–Crippen LogP) is 3.13. The molecule has 1 aliphatic carbocycles. The Kier molecular flexibility index (Phi) is 6.97. The second-order valence-electron chi connectivity index (χ2n) is 7.69. The summed E-state index contributed by atoms with van der Waals surface area (Å²) in [7, 11) is 0. The lowest BCUT2D eigenvalue weighted by Crippen LogP contribution is -2.53. The number of carbonyl (C=O) groups excluding carboxylic acids is 3. The average Bonchev–Trinajstić information content (AvgIpc) is 3.14. The first-order chi connectivity index (χ1) is 13.5. The molecule has 1 aliphatic rings. The van der Waals surface area contributed by atoms with Gasteiger partial charge in [-0.2, -0.15) is 8.78 Å². The fraction of sp³-hybridized carbons (Fsp3) is 0.571. The van der Waals surface area contributed by atoms with Crippen LogP contribution in [0.15, 0.2) is 24.3 Å². The number of esters is 2. The molecule has 1 fully saturated rings. The summed E-state index contributed by atoms with van der Waals surface area (Å²) in [4.78, 5) is 35.3. The van der Waals surface area contributed by atoms with Gasteiger partial charge in [0, 0.05) is 0 Å². The molecule has 2 rings (SSSR count). The van der Waals surface area contributed by atoms with Gasteiger partial charge in [-0.15, -0.1) is 0 Å². The van der Waals surface area contributed by atoms with Crippen molar-refractivity contribution in [1.29, 1.82) is 0 Å². The molecule has 8 heteroatoms. The number of halogens is 2. The molecular weight excluding hydrogens is 386 g/mol. The van der Waals surface area contributed by atoms with Crippen molar-refractivity contribution < 1.29 is 37.7 Å². The Labute approximate surface area is 168 Å². The van der Waals surface area contributed by atoms with E-state index in [0.717, 1.165) is 25.7 Å². The molecule has 29 heavy (non-hydrogen) atoms. The standard InChI is InChI=1S/C21H26F2O6/c1-4-20(11-5-6-12-20)29-18(25)15-9-7-14(8-10-15)17(24)28-16(13(2)3)21(22,23)19(26)27/h7-10,13,16H,4-6,11-12H2,1-3H3,(H,26,27)/p-1. The van der Waals surface area contributed by atoms with Crippen LogP contribution < -0.4 is 5.11 Å². The van der Waals surface area contributed by atoms with Crippen LogP contribution in [-0.2, 0) is 14.3 Å². The van der Waals surface area contributed by atoms with Crippen molar-refractivity contribution in [3.63, 3.8) is 0 Å². The van der Waals surface area contributed by atoms with E-state index in [4.69, 9.17) is 9.47 Å². The maximum atomic E-state index is 13.8. The van der Waals surface area contributed by atoms with Gasteiger partial charge >= 0.3 is 17.9 Å². The molecule has 0 radical (unpaired) electrons. The van der Waals surface area contributed by atoms with Crippen molar-refractivity contribution in [3.8, 4) is 0 Å². The smallest absolute Gasteiger partial charge is 0.338 e. The Morgan fingerprint density at radius 1 is 1.07 bits per heavy atom. The Hall–Kier alpha value is -2.51. The highest BCUT2D eigenvalue weighted by Gasteiger charge is 2.46. The van der Waals surface area contributed by atoms with Crippen LogP contribution in [0.3, 0.4) is 0 Å². The molecule has 0 aromatic heterocycles. The number of benzene rings is 1. The lowest BCUT2D eigenvalue weighted by molar-refractivity contribution is -0.337. The summed E-state index contributed by atoms with van der Waals surface area (Å²) >= 11 is 0. The lowest BCUT2D eigenvalue weighted by Gasteiger charge is -2.30. The third-order valence-electron chi connectivity index (χ3n) is 5.29. The number of carboxylic acids is 1. The first kappa shape index (κ1) is 22.8. The van der Waals surface area contributed by atoms with Crippen molar-refractivity contribution in [2.45, 2.75) is 70.5 Å². The number of carbonyl (C=O) groups is 3. The largest absolute Gasteiger partial charge is 0.544 e.